The van der Waals surface area contributed by atoms with E-state index in [4.69, 9.17) is 10.5 Å². The van der Waals surface area contributed by atoms with Crippen LogP contribution in [-0.2, 0) is 15.1 Å². The minimum absolute atomic E-state index is 0.0271. The van der Waals surface area contributed by atoms with Crippen LogP contribution in [0.25, 0.3) is 0 Å². The number of hydrogen-bond acceptors (Lipinski definition) is 4. The van der Waals surface area contributed by atoms with Crippen LogP contribution >= 0.6 is 0 Å². The van der Waals surface area contributed by atoms with E-state index >= 15 is 0 Å². The summed E-state index contributed by atoms with van der Waals surface area (Å²) in [7, 11) is 4.33. The van der Waals surface area contributed by atoms with Crippen molar-refractivity contribution < 1.29 is 14.3 Å². The summed E-state index contributed by atoms with van der Waals surface area (Å²) >= 11 is 0. The third kappa shape index (κ3) is 3.90. The Morgan fingerprint density at radius 3 is 2.28 bits per heavy atom. The van der Waals surface area contributed by atoms with Crippen LogP contribution in [0.5, 0.6) is 0 Å². The molecule has 0 unspecified atom stereocenters. The summed E-state index contributed by atoms with van der Waals surface area (Å²) in [6, 6.07) is 10.8. The van der Waals surface area contributed by atoms with Gasteiger partial charge in [0.25, 0.3) is 0 Å². The number of rotatable bonds is 7. The summed E-state index contributed by atoms with van der Waals surface area (Å²) in [5.74, 6) is 0.0270. The molecule has 4 rings (SSSR count). The van der Waals surface area contributed by atoms with E-state index in [1.807, 2.05) is 18.7 Å². The topological polar surface area (TPSA) is 79.1 Å². The average Bonchev–Trinajstić information content (AvgIpc) is 2.96. The average molecular weight is 443 g/mol. The highest BCUT2D eigenvalue weighted by atomic mass is 16.5. The molecule has 2 heterocycles. The molecule has 2 aliphatic heterocycles. The van der Waals surface area contributed by atoms with Crippen molar-refractivity contribution in [2.75, 3.05) is 46.9 Å². The van der Waals surface area contributed by atoms with Crippen molar-refractivity contribution in [2.24, 2.45) is 17.1 Å². The normalized spacial score (nSPS) is 29.1. The van der Waals surface area contributed by atoms with Crippen molar-refractivity contribution >= 4 is 11.9 Å². The quantitative estimate of drug-likeness (QED) is 0.704. The standard InChI is InChI=1S/C25H38N4O3/c1-23(2,21(26)30)17-28-18-24(29(22(28)31)14-19-15-32-16-19)10-12-25(13-11-24,27(3)4)20-8-6-5-7-9-20/h5-9,19H,10-18H2,1-4H3,(H2,26,30)/t24-,25+. The molecule has 0 atom stereocenters. The van der Waals surface area contributed by atoms with Gasteiger partial charge in [-0.1, -0.05) is 30.3 Å². The Labute approximate surface area is 191 Å². The molecule has 2 saturated heterocycles. The van der Waals surface area contributed by atoms with Gasteiger partial charge in [-0.05, 0) is 59.2 Å². The molecule has 1 spiro atoms. The maximum atomic E-state index is 13.6. The Balaban J connectivity index is 1.59. The number of carbonyl (C=O) groups excluding carboxylic acids is 2. The van der Waals surface area contributed by atoms with Gasteiger partial charge in [-0.15, -0.1) is 0 Å². The molecule has 7 heteroatoms. The van der Waals surface area contributed by atoms with Gasteiger partial charge in [0, 0.05) is 31.1 Å². The van der Waals surface area contributed by atoms with Gasteiger partial charge >= 0.3 is 6.03 Å². The van der Waals surface area contributed by atoms with Gasteiger partial charge in [0.15, 0.2) is 0 Å². The van der Waals surface area contributed by atoms with E-state index in [0.717, 1.165) is 45.4 Å². The number of nitrogens with zero attached hydrogens (tertiary/aromatic N) is 3. The third-order valence-electron chi connectivity index (χ3n) is 8.14. The summed E-state index contributed by atoms with van der Waals surface area (Å²) in [4.78, 5) is 31.9. The summed E-state index contributed by atoms with van der Waals surface area (Å²) in [5, 5.41) is 0. The van der Waals surface area contributed by atoms with Crippen molar-refractivity contribution in [1.29, 1.82) is 0 Å². The highest BCUT2D eigenvalue weighted by molar-refractivity contribution is 5.83. The molecular weight excluding hydrogens is 404 g/mol. The molecule has 1 aromatic rings. The van der Waals surface area contributed by atoms with Crippen LogP contribution in [0.2, 0.25) is 0 Å². The molecule has 176 valence electrons. The number of ether oxygens (including phenoxy) is 1. The lowest BCUT2D eigenvalue weighted by atomic mass is 9.68. The number of hydrogen-bond donors (Lipinski definition) is 1. The van der Waals surface area contributed by atoms with E-state index in [1.54, 1.807) is 0 Å². The van der Waals surface area contributed by atoms with E-state index in [2.05, 4.69) is 54.2 Å². The highest BCUT2D eigenvalue weighted by Gasteiger charge is 2.55. The van der Waals surface area contributed by atoms with Crippen molar-refractivity contribution in [3.63, 3.8) is 0 Å². The zero-order chi connectivity index (χ0) is 23.1. The fraction of sp³-hybridized carbons (Fsp3) is 0.680. The van der Waals surface area contributed by atoms with Crippen LogP contribution in [0, 0.1) is 11.3 Å². The lowest BCUT2D eigenvalue weighted by Crippen LogP contribution is -2.57. The SMILES string of the molecule is CN(C)[C@]1(c2ccccc2)CC[C@]2(CC1)CN(CC(C)(C)C(N)=O)C(=O)N2CC1COC1. The number of benzene rings is 1. The zero-order valence-corrected chi connectivity index (χ0v) is 20.0. The molecular formula is C25H38N4O3. The molecule has 2 N–H and O–H groups in total. The van der Waals surface area contributed by atoms with E-state index in [1.165, 1.54) is 5.56 Å². The monoisotopic (exact) mass is 442 g/mol. The molecule has 3 aliphatic rings. The third-order valence-corrected chi connectivity index (χ3v) is 8.14. The molecule has 1 saturated carbocycles. The second-order valence-electron chi connectivity index (χ2n) is 10.9. The van der Waals surface area contributed by atoms with Crippen LogP contribution < -0.4 is 5.73 Å². The Bertz CT molecular complexity index is 842. The maximum Gasteiger partial charge on any atom is 0.320 e. The summed E-state index contributed by atoms with van der Waals surface area (Å²) in [5.41, 5.74) is 5.99. The van der Waals surface area contributed by atoms with Crippen molar-refractivity contribution in [3.8, 4) is 0 Å². The number of urea groups is 1. The van der Waals surface area contributed by atoms with E-state index in [0.29, 0.717) is 19.0 Å². The van der Waals surface area contributed by atoms with Crippen molar-refractivity contribution in [2.45, 2.75) is 50.6 Å². The molecule has 0 bridgehead atoms. The number of amides is 3. The molecule has 0 aromatic heterocycles. The van der Waals surface area contributed by atoms with Gasteiger partial charge < -0.3 is 20.3 Å². The van der Waals surface area contributed by atoms with Gasteiger partial charge in [0.1, 0.15) is 0 Å². The first-order chi connectivity index (χ1) is 15.1. The first-order valence-electron chi connectivity index (χ1n) is 11.8. The maximum absolute atomic E-state index is 13.6. The largest absolute Gasteiger partial charge is 0.381 e. The fourth-order valence-electron chi connectivity index (χ4n) is 5.78. The molecule has 0 radical (unpaired) electrons. The molecule has 7 nitrogen and oxygen atoms in total. The van der Waals surface area contributed by atoms with Crippen LogP contribution in [0.4, 0.5) is 4.79 Å². The highest BCUT2D eigenvalue weighted by Crippen LogP contribution is 2.49. The number of carbonyl (C=O) groups is 2. The zero-order valence-electron chi connectivity index (χ0n) is 20.0. The van der Waals surface area contributed by atoms with E-state index in [-0.39, 0.29) is 23.0 Å². The van der Waals surface area contributed by atoms with Crippen LogP contribution in [-0.4, -0.2) is 79.1 Å². The lowest BCUT2D eigenvalue weighted by molar-refractivity contribution is -0.126. The predicted octanol–water partition coefficient (Wildman–Crippen LogP) is 2.65. The molecule has 32 heavy (non-hydrogen) atoms. The van der Waals surface area contributed by atoms with Gasteiger partial charge in [-0.2, -0.15) is 0 Å². The Morgan fingerprint density at radius 2 is 1.78 bits per heavy atom. The van der Waals surface area contributed by atoms with Crippen LogP contribution in [0.1, 0.15) is 45.1 Å². The minimum Gasteiger partial charge on any atom is -0.381 e. The molecule has 3 fully saturated rings. The molecule has 3 amide bonds. The minimum atomic E-state index is -0.751. The second-order valence-corrected chi connectivity index (χ2v) is 10.9. The Kier molecular flexibility index (Phi) is 6.01. The van der Waals surface area contributed by atoms with E-state index in [9.17, 15) is 9.59 Å². The summed E-state index contributed by atoms with van der Waals surface area (Å²) in [6.07, 6.45) is 3.85. The lowest BCUT2D eigenvalue weighted by Gasteiger charge is -2.51. The second kappa shape index (κ2) is 8.34. The fourth-order valence-corrected chi connectivity index (χ4v) is 5.78. The summed E-state index contributed by atoms with van der Waals surface area (Å²) < 4.78 is 5.40. The van der Waals surface area contributed by atoms with Gasteiger partial charge in [-0.3, -0.25) is 9.69 Å². The first kappa shape index (κ1) is 23.1. The predicted molar refractivity (Wildman–Crippen MR) is 124 cm³/mol. The van der Waals surface area contributed by atoms with Gasteiger partial charge in [0.05, 0.1) is 24.2 Å². The molecule has 1 aliphatic carbocycles. The van der Waals surface area contributed by atoms with Gasteiger partial charge in [0.2, 0.25) is 5.91 Å². The summed E-state index contributed by atoms with van der Waals surface area (Å²) in [6.45, 7) is 6.84. The Morgan fingerprint density at radius 1 is 1.16 bits per heavy atom. The first-order valence-corrected chi connectivity index (χ1v) is 11.8. The van der Waals surface area contributed by atoms with E-state index < -0.39 is 5.41 Å². The smallest absolute Gasteiger partial charge is 0.320 e. The van der Waals surface area contributed by atoms with Crippen molar-refractivity contribution in [1.82, 2.24) is 14.7 Å². The van der Waals surface area contributed by atoms with Crippen LogP contribution in [0.3, 0.4) is 0 Å². The number of primary amides is 1. The number of nitrogens with two attached hydrogens (primary N) is 1. The van der Waals surface area contributed by atoms with Crippen molar-refractivity contribution in [3.05, 3.63) is 35.9 Å². The van der Waals surface area contributed by atoms with Gasteiger partial charge in [-0.25, -0.2) is 4.79 Å². The Hall–Kier alpha value is -2.12. The molecule has 1 aromatic carbocycles. The van der Waals surface area contributed by atoms with Crippen LogP contribution in [0.15, 0.2) is 30.3 Å².